The molecule has 0 N–H and O–H groups in total. The van der Waals surface area contributed by atoms with Gasteiger partial charge < -0.3 is 0 Å². The first-order chi connectivity index (χ1) is 10.9. The Morgan fingerprint density at radius 2 is 1.91 bits per heavy atom. The van der Waals surface area contributed by atoms with Crippen LogP contribution in [0.3, 0.4) is 0 Å². The van der Waals surface area contributed by atoms with Gasteiger partial charge in [-0.15, -0.1) is 0 Å². The van der Waals surface area contributed by atoms with Crippen molar-refractivity contribution in [1.29, 1.82) is 0 Å². The molecule has 2 aromatic rings. The molecule has 0 bridgehead atoms. The number of benzene rings is 2. The summed E-state index contributed by atoms with van der Waals surface area (Å²) in [7, 11) is 0. The standard InChI is InChI=1S/C19H17F2NO/c1-11(2)17-13-6-4-5-7-14(13)19(23)22(18(17)21)16-10-12(3)8-9-15(16)20/h4-10,17-18H,1H2,2-3H3. The molecular formula is C19H17F2NO. The van der Waals surface area contributed by atoms with Gasteiger partial charge in [-0.05, 0) is 43.2 Å². The minimum absolute atomic E-state index is 0.0387. The Balaban J connectivity index is 2.21. The van der Waals surface area contributed by atoms with Crippen molar-refractivity contribution < 1.29 is 13.6 Å². The maximum atomic E-state index is 15.2. The van der Waals surface area contributed by atoms with Gasteiger partial charge in [0.05, 0.1) is 11.6 Å². The van der Waals surface area contributed by atoms with Gasteiger partial charge in [-0.25, -0.2) is 8.78 Å². The highest BCUT2D eigenvalue weighted by Crippen LogP contribution is 2.41. The molecule has 0 aromatic heterocycles. The minimum atomic E-state index is -1.69. The highest BCUT2D eigenvalue weighted by molar-refractivity contribution is 6.09. The van der Waals surface area contributed by atoms with E-state index < -0.39 is 23.9 Å². The molecule has 118 valence electrons. The van der Waals surface area contributed by atoms with Crippen LogP contribution in [0.1, 0.15) is 34.3 Å². The summed E-state index contributed by atoms with van der Waals surface area (Å²) in [4.78, 5) is 13.7. The third kappa shape index (κ3) is 2.44. The molecule has 2 atom stereocenters. The lowest BCUT2D eigenvalue weighted by molar-refractivity contribution is 0.0924. The van der Waals surface area contributed by atoms with E-state index in [-0.39, 0.29) is 5.69 Å². The van der Waals surface area contributed by atoms with E-state index in [4.69, 9.17) is 0 Å². The van der Waals surface area contributed by atoms with E-state index in [1.54, 1.807) is 44.2 Å². The zero-order chi connectivity index (χ0) is 16.7. The van der Waals surface area contributed by atoms with Crippen molar-refractivity contribution in [2.75, 3.05) is 4.90 Å². The van der Waals surface area contributed by atoms with Gasteiger partial charge in [-0.1, -0.05) is 36.4 Å². The summed E-state index contributed by atoms with van der Waals surface area (Å²) in [6.07, 6.45) is -1.69. The van der Waals surface area contributed by atoms with Crippen LogP contribution in [0.2, 0.25) is 0 Å². The van der Waals surface area contributed by atoms with Gasteiger partial charge in [0, 0.05) is 5.56 Å². The number of carbonyl (C=O) groups is 1. The van der Waals surface area contributed by atoms with Crippen LogP contribution in [0.25, 0.3) is 0 Å². The second kappa shape index (κ2) is 5.61. The predicted octanol–water partition coefficient (Wildman–Crippen LogP) is 4.75. The summed E-state index contributed by atoms with van der Waals surface area (Å²) in [6.45, 7) is 7.34. The molecule has 1 heterocycles. The van der Waals surface area contributed by atoms with Crippen molar-refractivity contribution in [2.24, 2.45) is 0 Å². The van der Waals surface area contributed by atoms with Crippen LogP contribution in [0.4, 0.5) is 14.5 Å². The summed E-state index contributed by atoms with van der Waals surface area (Å²) in [5, 5.41) is 0. The Morgan fingerprint density at radius 3 is 2.61 bits per heavy atom. The van der Waals surface area contributed by atoms with Crippen molar-refractivity contribution in [3.63, 3.8) is 0 Å². The molecule has 2 nitrogen and oxygen atoms in total. The molecule has 1 aliphatic heterocycles. The number of amides is 1. The fourth-order valence-corrected chi connectivity index (χ4v) is 3.05. The highest BCUT2D eigenvalue weighted by Gasteiger charge is 2.41. The summed E-state index contributed by atoms with van der Waals surface area (Å²) < 4.78 is 29.4. The van der Waals surface area contributed by atoms with Gasteiger partial charge in [0.25, 0.3) is 5.91 Å². The Bertz CT molecular complexity index is 800. The summed E-state index contributed by atoms with van der Waals surface area (Å²) >= 11 is 0. The summed E-state index contributed by atoms with van der Waals surface area (Å²) in [6, 6.07) is 11.2. The molecule has 0 saturated heterocycles. The average molecular weight is 313 g/mol. The largest absolute Gasteiger partial charge is 0.273 e. The number of carbonyl (C=O) groups excluding carboxylic acids is 1. The first-order valence-corrected chi connectivity index (χ1v) is 7.40. The molecule has 0 fully saturated rings. The Kier molecular flexibility index (Phi) is 3.76. The fraction of sp³-hybridized carbons (Fsp3) is 0.211. The van der Waals surface area contributed by atoms with Crippen LogP contribution in [-0.2, 0) is 0 Å². The lowest BCUT2D eigenvalue weighted by atomic mass is 9.84. The van der Waals surface area contributed by atoms with Gasteiger partial charge in [0.2, 0.25) is 0 Å². The molecule has 23 heavy (non-hydrogen) atoms. The maximum Gasteiger partial charge on any atom is 0.261 e. The van der Waals surface area contributed by atoms with Gasteiger partial charge >= 0.3 is 0 Å². The molecule has 0 spiro atoms. The van der Waals surface area contributed by atoms with E-state index in [0.717, 1.165) is 10.5 Å². The van der Waals surface area contributed by atoms with Crippen molar-refractivity contribution in [1.82, 2.24) is 0 Å². The number of halogens is 2. The Hall–Kier alpha value is -2.49. The first kappa shape index (κ1) is 15.4. The Labute approximate surface area is 134 Å². The molecule has 3 rings (SSSR count). The van der Waals surface area contributed by atoms with E-state index in [2.05, 4.69) is 6.58 Å². The topological polar surface area (TPSA) is 20.3 Å². The molecule has 0 radical (unpaired) electrons. The van der Waals surface area contributed by atoms with Crippen LogP contribution >= 0.6 is 0 Å². The van der Waals surface area contributed by atoms with Crippen LogP contribution in [0.15, 0.2) is 54.6 Å². The summed E-state index contributed by atoms with van der Waals surface area (Å²) in [5.74, 6) is -1.83. The van der Waals surface area contributed by atoms with Gasteiger partial charge in [0.15, 0.2) is 6.30 Å². The fourth-order valence-electron chi connectivity index (χ4n) is 3.05. The van der Waals surface area contributed by atoms with Crippen LogP contribution in [0.5, 0.6) is 0 Å². The quantitative estimate of drug-likeness (QED) is 0.579. The van der Waals surface area contributed by atoms with Gasteiger partial charge in [0.1, 0.15) is 5.82 Å². The van der Waals surface area contributed by atoms with Crippen molar-refractivity contribution in [2.45, 2.75) is 26.1 Å². The third-order valence-electron chi connectivity index (χ3n) is 4.16. The minimum Gasteiger partial charge on any atom is -0.273 e. The molecule has 1 aliphatic rings. The monoisotopic (exact) mass is 313 g/mol. The van der Waals surface area contributed by atoms with Crippen LogP contribution < -0.4 is 4.90 Å². The predicted molar refractivity (Wildman–Crippen MR) is 86.8 cm³/mol. The van der Waals surface area contributed by atoms with Crippen molar-refractivity contribution >= 4 is 11.6 Å². The third-order valence-corrected chi connectivity index (χ3v) is 4.16. The smallest absolute Gasteiger partial charge is 0.261 e. The Morgan fingerprint density at radius 1 is 1.22 bits per heavy atom. The van der Waals surface area contributed by atoms with Crippen molar-refractivity contribution in [3.8, 4) is 0 Å². The average Bonchev–Trinajstić information content (AvgIpc) is 2.50. The van der Waals surface area contributed by atoms with Crippen LogP contribution in [0, 0.1) is 12.7 Å². The normalized spacial score (nSPS) is 20.3. The number of anilines is 1. The highest BCUT2D eigenvalue weighted by atomic mass is 19.1. The number of alkyl halides is 1. The SMILES string of the molecule is C=C(C)C1c2ccccc2C(=O)N(c2cc(C)ccc2F)C1F. The molecule has 2 unspecified atom stereocenters. The number of hydrogen-bond acceptors (Lipinski definition) is 1. The second-order valence-electron chi connectivity index (χ2n) is 5.91. The number of aryl methyl sites for hydroxylation is 1. The van der Waals surface area contributed by atoms with E-state index in [1.807, 2.05) is 0 Å². The lowest BCUT2D eigenvalue weighted by Gasteiger charge is -2.38. The summed E-state index contributed by atoms with van der Waals surface area (Å²) in [5.41, 5.74) is 2.29. The molecular weight excluding hydrogens is 296 g/mol. The zero-order valence-electron chi connectivity index (χ0n) is 13.0. The van der Waals surface area contributed by atoms with E-state index in [1.165, 1.54) is 12.1 Å². The van der Waals surface area contributed by atoms with Crippen LogP contribution in [-0.4, -0.2) is 12.2 Å². The van der Waals surface area contributed by atoms with E-state index >= 15 is 4.39 Å². The number of rotatable bonds is 2. The van der Waals surface area contributed by atoms with Crippen molar-refractivity contribution in [3.05, 3.63) is 77.1 Å². The number of nitrogens with zero attached hydrogens (tertiary/aromatic N) is 1. The van der Waals surface area contributed by atoms with E-state index in [9.17, 15) is 9.18 Å². The van der Waals surface area contributed by atoms with E-state index in [0.29, 0.717) is 16.7 Å². The molecule has 0 saturated carbocycles. The van der Waals surface area contributed by atoms with Gasteiger partial charge in [-0.3, -0.25) is 9.69 Å². The molecule has 2 aromatic carbocycles. The zero-order valence-corrected chi connectivity index (χ0v) is 13.0. The molecule has 0 aliphatic carbocycles. The number of hydrogen-bond donors (Lipinski definition) is 0. The lowest BCUT2D eigenvalue weighted by Crippen LogP contribution is -2.46. The number of fused-ring (bicyclic) bond motifs is 1. The maximum absolute atomic E-state index is 15.2. The molecule has 1 amide bonds. The van der Waals surface area contributed by atoms with Gasteiger partial charge in [-0.2, -0.15) is 0 Å². The first-order valence-electron chi connectivity index (χ1n) is 7.40. The second-order valence-corrected chi connectivity index (χ2v) is 5.91. The molecule has 4 heteroatoms.